The molecule has 2 aromatic carbocycles. The second-order valence-corrected chi connectivity index (χ2v) is 4.98. The molecule has 0 saturated heterocycles. The van der Waals surface area contributed by atoms with E-state index in [1.807, 2.05) is 0 Å². The monoisotopic (exact) mass is 313 g/mol. The van der Waals surface area contributed by atoms with E-state index in [0.717, 1.165) is 11.6 Å². The standard InChI is InChI=1S/C14H10Cl2FNO2/c1-7-5-9(16)11(6-8(7)15)18-14(20)13-10(17)3-2-4-12(13)19/h2-6,19H,1H3,(H,18,20). The van der Waals surface area contributed by atoms with Gasteiger partial charge in [0.1, 0.15) is 17.1 Å². The molecule has 1 amide bonds. The number of amides is 1. The van der Waals surface area contributed by atoms with Gasteiger partial charge in [-0.25, -0.2) is 4.39 Å². The number of rotatable bonds is 2. The summed E-state index contributed by atoms with van der Waals surface area (Å²) < 4.78 is 13.6. The molecule has 0 bridgehead atoms. The van der Waals surface area contributed by atoms with Gasteiger partial charge in [0.2, 0.25) is 0 Å². The highest BCUT2D eigenvalue weighted by Gasteiger charge is 2.18. The van der Waals surface area contributed by atoms with Gasteiger partial charge in [0, 0.05) is 5.02 Å². The van der Waals surface area contributed by atoms with Crippen LogP contribution in [0.5, 0.6) is 5.75 Å². The average Bonchev–Trinajstić information content (AvgIpc) is 2.35. The van der Waals surface area contributed by atoms with Gasteiger partial charge in [0.25, 0.3) is 5.91 Å². The summed E-state index contributed by atoms with van der Waals surface area (Å²) in [5.41, 5.74) is 0.554. The molecular formula is C14H10Cl2FNO2. The summed E-state index contributed by atoms with van der Waals surface area (Å²) in [5.74, 6) is -2.07. The predicted octanol–water partition coefficient (Wildman–Crippen LogP) is 4.40. The van der Waals surface area contributed by atoms with E-state index < -0.39 is 23.0 Å². The number of carbonyl (C=O) groups is 1. The van der Waals surface area contributed by atoms with Crippen molar-refractivity contribution in [1.82, 2.24) is 0 Å². The lowest BCUT2D eigenvalue weighted by Crippen LogP contribution is -2.14. The lowest BCUT2D eigenvalue weighted by molar-refractivity contribution is 0.102. The number of phenolic OH excluding ortho intramolecular Hbond substituents is 1. The van der Waals surface area contributed by atoms with E-state index in [9.17, 15) is 14.3 Å². The topological polar surface area (TPSA) is 49.3 Å². The van der Waals surface area contributed by atoms with Crippen molar-refractivity contribution in [2.24, 2.45) is 0 Å². The average molecular weight is 314 g/mol. The first kappa shape index (κ1) is 14.6. The first-order valence-corrected chi connectivity index (χ1v) is 6.40. The van der Waals surface area contributed by atoms with Gasteiger partial charge in [0.15, 0.2) is 0 Å². The number of nitrogens with one attached hydrogen (secondary N) is 1. The summed E-state index contributed by atoms with van der Waals surface area (Å²) in [6.45, 7) is 1.77. The van der Waals surface area contributed by atoms with Gasteiger partial charge >= 0.3 is 0 Å². The molecular weight excluding hydrogens is 304 g/mol. The fourth-order valence-electron chi connectivity index (χ4n) is 1.66. The zero-order valence-electron chi connectivity index (χ0n) is 10.4. The molecule has 0 aliphatic heterocycles. The Morgan fingerprint density at radius 2 is 1.95 bits per heavy atom. The molecule has 6 heteroatoms. The van der Waals surface area contributed by atoms with Crippen LogP contribution in [0, 0.1) is 12.7 Å². The summed E-state index contributed by atoms with van der Waals surface area (Å²) >= 11 is 11.9. The number of benzene rings is 2. The molecule has 2 rings (SSSR count). The van der Waals surface area contributed by atoms with E-state index in [0.29, 0.717) is 5.02 Å². The Bertz CT molecular complexity index is 669. The summed E-state index contributed by atoms with van der Waals surface area (Å²) in [7, 11) is 0. The van der Waals surface area contributed by atoms with Gasteiger partial charge < -0.3 is 10.4 Å². The normalized spacial score (nSPS) is 10.4. The van der Waals surface area contributed by atoms with Crippen LogP contribution < -0.4 is 5.32 Å². The number of carbonyl (C=O) groups excluding carboxylic acids is 1. The molecule has 104 valence electrons. The van der Waals surface area contributed by atoms with Crippen molar-refractivity contribution in [2.75, 3.05) is 5.32 Å². The zero-order valence-corrected chi connectivity index (χ0v) is 11.9. The van der Waals surface area contributed by atoms with E-state index in [1.165, 1.54) is 18.2 Å². The molecule has 0 aliphatic carbocycles. The predicted molar refractivity (Wildman–Crippen MR) is 77.2 cm³/mol. The van der Waals surface area contributed by atoms with Gasteiger partial charge in [-0.3, -0.25) is 4.79 Å². The molecule has 2 aromatic rings. The van der Waals surface area contributed by atoms with Crippen LogP contribution in [-0.4, -0.2) is 11.0 Å². The summed E-state index contributed by atoms with van der Waals surface area (Å²) in [4.78, 5) is 12.0. The molecule has 0 aliphatic rings. The number of hydrogen-bond acceptors (Lipinski definition) is 2. The molecule has 0 heterocycles. The van der Waals surface area contributed by atoms with Crippen molar-refractivity contribution in [3.8, 4) is 5.75 Å². The highest BCUT2D eigenvalue weighted by atomic mass is 35.5. The number of hydrogen-bond donors (Lipinski definition) is 2. The molecule has 0 spiro atoms. The van der Waals surface area contributed by atoms with E-state index >= 15 is 0 Å². The van der Waals surface area contributed by atoms with Gasteiger partial charge in [-0.1, -0.05) is 29.3 Å². The van der Waals surface area contributed by atoms with Crippen molar-refractivity contribution < 1.29 is 14.3 Å². The van der Waals surface area contributed by atoms with Crippen molar-refractivity contribution in [3.05, 3.63) is 57.3 Å². The number of halogens is 3. The smallest absolute Gasteiger partial charge is 0.262 e. The minimum absolute atomic E-state index is 0.245. The first-order chi connectivity index (χ1) is 9.40. The minimum Gasteiger partial charge on any atom is -0.507 e. The van der Waals surface area contributed by atoms with Crippen molar-refractivity contribution in [1.29, 1.82) is 0 Å². The van der Waals surface area contributed by atoms with Crippen molar-refractivity contribution >= 4 is 34.8 Å². The van der Waals surface area contributed by atoms with Crippen LogP contribution in [-0.2, 0) is 0 Å². The Labute approximate surface area is 124 Å². The second kappa shape index (κ2) is 5.69. The SMILES string of the molecule is Cc1cc(Cl)c(NC(=O)c2c(O)cccc2F)cc1Cl. The number of phenols is 1. The molecule has 0 atom stereocenters. The highest BCUT2D eigenvalue weighted by Crippen LogP contribution is 2.30. The Kier molecular flexibility index (Phi) is 4.16. The minimum atomic E-state index is -0.822. The van der Waals surface area contributed by atoms with Gasteiger partial charge in [-0.05, 0) is 36.8 Å². The molecule has 0 radical (unpaired) electrons. The Hall–Kier alpha value is -1.78. The van der Waals surface area contributed by atoms with Crippen LogP contribution in [0.2, 0.25) is 10.0 Å². The Morgan fingerprint density at radius 3 is 2.60 bits per heavy atom. The summed E-state index contributed by atoms with van der Waals surface area (Å²) in [5, 5.41) is 12.7. The molecule has 2 N–H and O–H groups in total. The molecule has 3 nitrogen and oxygen atoms in total. The number of anilines is 1. The van der Waals surface area contributed by atoms with E-state index in [-0.39, 0.29) is 10.7 Å². The van der Waals surface area contributed by atoms with E-state index in [1.54, 1.807) is 13.0 Å². The van der Waals surface area contributed by atoms with Gasteiger partial charge in [-0.2, -0.15) is 0 Å². The maximum absolute atomic E-state index is 13.6. The van der Waals surface area contributed by atoms with Crippen LogP contribution in [0.3, 0.4) is 0 Å². The fraction of sp³-hybridized carbons (Fsp3) is 0.0714. The molecule has 0 fully saturated rings. The van der Waals surface area contributed by atoms with Gasteiger partial charge in [-0.15, -0.1) is 0 Å². The molecule has 0 unspecified atom stereocenters. The van der Waals surface area contributed by atoms with Crippen molar-refractivity contribution in [3.63, 3.8) is 0 Å². The third kappa shape index (κ3) is 2.86. The molecule has 20 heavy (non-hydrogen) atoms. The van der Waals surface area contributed by atoms with Gasteiger partial charge in [0.05, 0.1) is 10.7 Å². The number of aromatic hydroxyl groups is 1. The Balaban J connectivity index is 2.35. The van der Waals surface area contributed by atoms with Crippen molar-refractivity contribution in [2.45, 2.75) is 6.92 Å². The maximum Gasteiger partial charge on any atom is 0.262 e. The second-order valence-electron chi connectivity index (χ2n) is 4.17. The first-order valence-electron chi connectivity index (χ1n) is 5.64. The number of aryl methyl sites for hydroxylation is 1. The van der Waals surface area contributed by atoms with Crippen LogP contribution in [0.1, 0.15) is 15.9 Å². The maximum atomic E-state index is 13.6. The molecule has 0 aromatic heterocycles. The third-order valence-electron chi connectivity index (χ3n) is 2.72. The lowest BCUT2D eigenvalue weighted by Gasteiger charge is -2.10. The third-order valence-corrected chi connectivity index (χ3v) is 3.44. The summed E-state index contributed by atoms with van der Waals surface area (Å²) in [6, 6.07) is 6.66. The van der Waals surface area contributed by atoms with Crippen LogP contribution in [0.4, 0.5) is 10.1 Å². The fourth-order valence-corrected chi connectivity index (χ4v) is 2.09. The largest absolute Gasteiger partial charge is 0.507 e. The van der Waals surface area contributed by atoms with Crippen LogP contribution in [0.15, 0.2) is 30.3 Å². The summed E-state index contributed by atoms with van der Waals surface area (Å²) in [6.07, 6.45) is 0. The van der Waals surface area contributed by atoms with Crippen LogP contribution in [0.25, 0.3) is 0 Å². The van der Waals surface area contributed by atoms with E-state index in [2.05, 4.69) is 5.32 Å². The van der Waals surface area contributed by atoms with Crippen LogP contribution >= 0.6 is 23.2 Å². The zero-order chi connectivity index (χ0) is 14.9. The quantitative estimate of drug-likeness (QED) is 0.863. The van der Waals surface area contributed by atoms with E-state index in [4.69, 9.17) is 23.2 Å². The lowest BCUT2D eigenvalue weighted by atomic mass is 10.1. The Morgan fingerprint density at radius 1 is 1.25 bits per heavy atom. The highest BCUT2D eigenvalue weighted by molar-refractivity contribution is 6.36. The molecule has 0 saturated carbocycles.